The molecule has 0 fully saturated rings. The van der Waals surface area contributed by atoms with Crippen molar-refractivity contribution in [1.29, 1.82) is 0 Å². The van der Waals surface area contributed by atoms with Crippen molar-refractivity contribution < 1.29 is 26.7 Å². The van der Waals surface area contributed by atoms with E-state index in [9.17, 15) is 26.7 Å². The van der Waals surface area contributed by atoms with E-state index in [0.29, 0.717) is 0 Å². The van der Waals surface area contributed by atoms with Gasteiger partial charge in [0.25, 0.3) is 5.91 Å². The van der Waals surface area contributed by atoms with Gasteiger partial charge in [0.15, 0.2) is 11.6 Å². The summed E-state index contributed by atoms with van der Waals surface area (Å²) in [6.45, 7) is -1.58. The average Bonchev–Trinajstić information content (AvgIpc) is 2.36. The van der Waals surface area contributed by atoms with Crippen molar-refractivity contribution in [3.8, 4) is 0 Å². The molecule has 0 aliphatic carbocycles. The molecule has 0 atom stereocenters. The van der Waals surface area contributed by atoms with Gasteiger partial charge in [-0.2, -0.15) is 8.78 Å². The third-order valence-electron chi connectivity index (χ3n) is 2.17. The van der Waals surface area contributed by atoms with Gasteiger partial charge >= 0.3 is 12.3 Å². The van der Waals surface area contributed by atoms with Crippen LogP contribution in [0.1, 0.15) is 10.4 Å². The van der Waals surface area contributed by atoms with Crippen LogP contribution in [0.2, 0.25) is 0 Å². The fourth-order valence-corrected chi connectivity index (χ4v) is 1.16. The Bertz CT molecular complexity index is 466. The highest BCUT2D eigenvalue weighted by molar-refractivity contribution is 5.95. The monoisotopic (exact) mass is 283 g/mol. The maximum Gasteiger partial charge on any atom is 0.324 e. The summed E-state index contributed by atoms with van der Waals surface area (Å²) >= 11 is 0. The van der Waals surface area contributed by atoms with Crippen LogP contribution in [0.4, 0.5) is 27.8 Å². The summed E-state index contributed by atoms with van der Waals surface area (Å²) in [5.41, 5.74) is -0.565. The Balaban J connectivity index is 2.80. The predicted octanol–water partition coefficient (Wildman–Crippen LogP) is 1.89. The summed E-state index contributed by atoms with van der Waals surface area (Å²) in [6.07, 6.45) is -2.84. The van der Waals surface area contributed by atoms with Crippen LogP contribution in [0.3, 0.4) is 0 Å². The van der Waals surface area contributed by atoms with E-state index in [2.05, 4.69) is 10.3 Å². The molecule has 106 valence electrons. The second kappa shape index (κ2) is 5.81. The molecule has 0 aromatic carbocycles. The zero-order valence-electron chi connectivity index (χ0n) is 9.68. The summed E-state index contributed by atoms with van der Waals surface area (Å²) < 4.78 is 62.5. The van der Waals surface area contributed by atoms with Crippen molar-refractivity contribution in [1.82, 2.24) is 10.3 Å². The van der Waals surface area contributed by atoms with Crippen molar-refractivity contribution in [2.75, 3.05) is 18.9 Å². The molecule has 9 heteroatoms. The summed E-state index contributed by atoms with van der Waals surface area (Å²) in [7, 11) is 1.35. The van der Waals surface area contributed by atoms with Gasteiger partial charge in [-0.15, -0.1) is 0 Å². The maximum absolute atomic E-state index is 13.6. The Labute approximate surface area is 105 Å². The molecule has 1 aromatic rings. The maximum atomic E-state index is 13.6. The van der Waals surface area contributed by atoms with Crippen LogP contribution in [0.25, 0.3) is 0 Å². The minimum atomic E-state index is -4.37. The molecule has 1 aromatic heterocycles. The molecule has 19 heavy (non-hydrogen) atoms. The number of pyridine rings is 1. The van der Waals surface area contributed by atoms with Gasteiger partial charge in [0.05, 0.1) is 12.1 Å². The quantitative estimate of drug-likeness (QED) is 0.811. The number of nitrogens with one attached hydrogen (secondary N) is 2. The molecule has 1 amide bonds. The largest absolute Gasteiger partial charge is 0.371 e. The van der Waals surface area contributed by atoms with Crippen LogP contribution < -0.4 is 10.6 Å². The van der Waals surface area contributed by atoms with Crippen molar-refractivity contribution in [3.05, 3.63) is 23.6 Å². The van der Waals surface area contributed by atoms with Gasteiger partial charge in [0.1, 0.15) is 0 Å². The predicted molar refractivity (Wildman–Crippen MR) is 57.0 cm³/mol. The molecule has 0 bridgehead atoms. The standard InChI is InChI=1S/C10H10F5N3O/c1-16-7-6(11)5(2-3-17-7)8(19)18-4-10(14,15)9(12)13/h2-3,9H,4H2,1H3,(H,16,17)(H,18,19). The Morgan fingerprint density at radius 3 is 2.63 bits per heavy atom. The van der Waals surface area contributed by atoms with Gasteiger partial charge in [-0.25, -0.2) is 18.2 Å². The third kappa shape index (κ3) is 3.52. The molecule has 0 radical (unpaired) electrons. The first-order valence-corrected chi connectivity index (χ1v) is 5.06. The van der Waals surface area contributed by atoms with Crippen LogP contribution in [-0.4, -0.2) is 36.8 Å². The second-order valence-corrected chi connectivity index (χ2v) is 3.52. The number of aromatic nitrogens is 1. The highest BCUT2D eigenvalue weighted by Crippen LogP contribution is 2.22. The van der Waals surface area contributed by atoms with Crippen LogP contribution in [0, 0.1) is 5.82 Å². The molecule has 0 aliphatic rings. The lowest BCUT2D eigenvalue weighted by molar-refractivity contribution is -0.123. The Kier molecular flexibility index (Phi) is 4.62. The fraction of sp³-hybridized carbons (Fsp3) is 0.400. The SMILES string of the molecule is CNc1nccc(C(=O)NCC(F)(F)C(F)F)c1F. The van der Waals surface area contributed by atoms with Crippen molar-refractivity contribution >= 4 is 11.7 Å². The number of halogens is 5. The number of rotatable bonds is 5. The zero-order valence-corrected chi connectivity index (χ0v) is 9.68. The summed E-state index contributed by atoms with van der Waals surface area (Å²) in [4.78, 5) is 15.0. The van der Waals surface area contributed by atoms with E-state index in [1.54, 1.807) is 5.32 Å². The number of carbonyl (C=O) groups is 1. The third-order valence-corrected chi connectivity index (χ3v) is 2.17. The lowest BCUT2D eigenvalue weighted by Crippen LogP contribution is -2.41. The normalized spacial score (nSPS) is 11.5. The second-order valence-electron chi connectivity index (χ2n) is 3.52. The van der Waals surface area contributed by atoms with E-state index >= 15 is 0 Å². The number of alkyl halides is 4. The van der Waals surface area contributed by atoms with Gasteiger partial charge < -0.3 is 10.6 Å². The van der Waals surface area contributed by atoms with Gasteiger partial charge in [0.2, 0.25) is 0 Å². The highest BCUT2D eigenvalue weighted by Gasteiger charge is 2.41. The molecule has 2 N–H and O–H groups in total. The lowest BCUT2D eigenvalue weighted by Gasteiger charge is -2.16. The molecule has 1 heterocycles. The van der Waals surface area contributed by atoms with E-state index in [-0.39, 0.29) is 5.82 Å². The van der Waals surface area contributed by atoms with Crippen molar-refractivity contribution in [3.63, 3.8) is 0 Å². The Morgan fingerprint density at radius 1 is 1.47 bits per heavy atom. The average molecular weight is 283 g/mol. The molecule has 0 saturated carbocycles. The first kappa shape index (κ1) is 15.1. The molecule has 1 rings (SSSR count). The number of carbonyl (C=O) groups excluding carboxylic acids is 1. The molecule has 4 nitrogen and oxygen atoms in total. The van der Waals surface area contributed by atoms with Crippen LogP contribution >= 0.6 is 0 Å². The summed E-state index contributed by atoms with van der Waals surface area (Å²) in [5.74, 6) is -6.90. The van der Waals surface area contributed by atoms with Gasteiger partial charge in [-0.1, -0.05) is 0 Å². The molecule has 0 spiro atoms. The molecule has 0 aliphatic heterocycles. The Morgan fingerprint density at radius 2 is 2.11 bits per heavy atom. The summed E-state index contributed by atoms with van der Waals surface area (Å²) in [6, 6.07) is 0.950. The van der Waals surface area contributed by atoms with Crippen LogP contribution in [0.15, 0.2) is 12.3 Å². The number of hydrogen-bond donors (Lipinski definition) is 2. The molecule has 0 saturated heterocycles. The molecular formula is C10H10F5N3O. The van der Waals surface area contributed by atoms with Crippen LogP contribution in [0.5, 0.6) is 0 Å². The minimum absolute atomic E-state index is 0.256. The number of anilines is 1. The van der Waals surface area contributed by atoms with E-state index < -0.39 is 36.2 Å². The topological polar surface area (TPSA) is 54.0 Å². The Hall–Kier alpha value is -1.93. The van der Waals surface area contributed by atoms with Gasteiger partial charge in [-0.3, -0.25) is 4.79 Å². The molecule has 0 unspecified atom stereocenters. The van der Waals surface area contributed by atoms with E-state index in [1.807, 2.05) is 0 Å². The fourth-order valence-electron chi connectivity index (χ4n) is 1.16. The van der Waals surface area contributed by atoms with Crippen molar-refractivity contribution in [2.45, 2.75) is 12.3 Å². The van der Waals surface area contributed by atoms with E-state index in [1.165, 1.54) is 7.05 Å². The first-order valence-electron chi connectivity index (χ1n) is 5.06. The summed E-state index contributed by atoms with van der Waals surface area (Å²) in [5, 5.41) is 3.90. The lowest BCUT2D eigenvalue weighted by atomic mass is 10.2. The van der Waals surface area contributed by atoms with Gasteiger partial charge in [-0.05, 0) is 6.07 Å². The van der Waals surface area contributed by atoms with Crippen molar-refractivity contribution in [2.24, 2.45) is 0 Å². The number of amides is 1. The smallest absolute Gasteiger partial charge is 0.324 e. The van der Waals surface area contributed by atoms with Gasteiger partial charge in [0, 0.05) is 13.2 Å². The van der Waals surface area contributed by atoms with E-state index in [4.69, 9.17) is 0 Å². The van der Waals surface area contributed by atoms with E-state index in [0.717, 1.165) is 12.3 Å². The molecular weight excluding hydrogens is 273 g/mol. The number of nitrogens with zero attached hydrogens (tertiary/aromatic N) is 1. The highest BCUT2D eigenvalue weighted by atomic mass is 19.3. The minimum Gasteiger partial charge on any atom is -0.371 e. The zero-order chi connectivity index (χ0) is 14.6. The van der Waals surface area contributed by atoms with Crippen LogP contribution in [-0.2, 0) is 0 Å². The number of hydrogen-bond acceptors (Lipinski definition) is 3. The first-order chi connectivity index (χ1) is 8.79.